The van der Waals surface area contributed by atoms with Crippen molar-refractivity contribution in [1.29, 1.82) is 0 Å². The van der Waals surface area contributed by atoms with E-state index in [1.54, 1.807) is 18.2 Å². The van der Waals surface area contributed by atoms with Gasteiger partial charge in [0.15, 0.2) is 11.6 Å². The van der Waals surface area contributed by atoms with Crippen molar-refractivity contribution in [3.05, 3.63) is 64.7 Å². The lowest BCUT2D eigenvalue weighted by atomic mass is 10.1. The topological polar surface area (TPSA) is 35.2 Å². The number of ether oxygens (including phenoxy) is 1. The minimum atomic E-state index is -0.429. The summed E-state index contributed by atoms with van der Waals surface area (Å²) in [5.74, 6) is -0.596. The minimum Gasteiger partial charge on any atom is -0.486 e. The Labute approximate surface area is 123 Å². The van der Waals surface area contributed by atoms with Gasteiger partial charge in [0.2, 0.25) is 0 Å². The van der Waals surface area contributed by atoms with Gasteiger partial charge in [-0.2, -0.15) is 0 Å². The maximum absolute atomic E-state index is 13.9. The molecule has 0 saturated carbocycles. The van der Waals surface area contributed by atoms with Crippen molar-refractivity contribution in [3.63, 3.8) is 0 Å². The van der Waals surface area contributed by atoms with Crippen LogP contribution in [0.4, 0.5) is 8.78 Å². The zero-order chi connectivity index (χ0) is 15.4. The highest BCUT2D eigenvalue weighted by Gasteiger charge is 2.08. The van der Waals surface area contributed by atoms with Crippen molar-refractivity contribution in [3.8, 4) is 5.75 Å². The molecule has 2 rings (SSSR count). The highest BCUT2D eigenvalue weighted by atomic mass is 19.1. The summed E-state index contributed by atoms with van der Waals surface area (Å²) < 4.78 is 32.6. The van der Waals surface area contributed by atoms with Crippen molar-refractivity contribution in [2.75, 3.05) is 0 Å². The zero-order valence-corrected chi connectivity index (χ0v) is 12.2. The van der Waals surface area contributed by atoms with Gasteiger partial charge in [-0.1, -0.05) is 12.1 Å². The molecule has 0 aliphatic heterocycles. The molecule has 0 bridgehead atoms. The Morgan fingerprint density at radius 3 is 2.57 bits per heavy atom. The summed E-state index contributed by atoms with van der Waals surface area (Å²) in [7, 11) is 0. The van der Waals surface area contributed by atoms with Gasteiger partial charge in [-0.15, -0.1) is 0 Å². The summed E-state index contributed by atoms with van der Waals surface area (Å²) in [5, 5.41) is 0. The molecule has 0 fully saturated rings. The smallest absolute Gasteiger partial charge is 0.165 e. The van der Waals surface area contributed by atoms with Gasteiger partial charge in [0.05, 0.1) is 0 Å². The lowest BCUT2D eigenvalue weighted by Crippen LogP contribution is -2.17. The van der Waals surface area contributed by atoms with E-state index in [4.69, 9.17) is 10.5 Å². The van der Waals surface area contributed by atoms with Gasteiger partial charge >= 0.3 is 0 Å². The molecule has 0 aliphatic carbocycles. The Morgan fingerprint density at radius 2 is 1.90 bits per heavy atom. The van der Waals surface area contributed by atoms with E-state index in [2.05, 4.69) is 0 Å². The van der Waals surface area contributed by atoms with Gasteiger partial charge in [0.1, 0.15) is 12.4 Å². The van der Waals surface area contributed by atoms with Crippen LogP contribution in [0.1, 0.15) is 23.6 Å². The summed E-state index contributed by atoms with van der Waals surface area (Å²) in [5.41, 5.74) is 8.13. The molecule has 2 aromatic rings. The van der Waals surface area contributed by atoms with Crippen molar-refractivity contribution in [1.82, 2.24) is 0 Å². The average molecular weight is 291 g/mol. The molecule has 2 nitrogen and oxygen atoms in total. The van der Waals surface area contributed by atoms with Crippen molar-refractivity contribution >= 4 is 0 Å². The van der Waals surface area contributed by atoms with Gasteiger partial charge in [-0.05, 0) is 61.2 Å². The van der Waals surface area contributed by atoms with Gasteiger partial charge < -0.3 is 10.5 Å². The fraction of sp³-hybridized carbons (Fsp3) is 0.294. The first-order valence-electron chi connectivity index (χ1n) is 6.87. The molecule has 112 valence electrons. The maximum Gasteiger partial charge on any atom is 0.165 e. The average Bonchev–Trinajstić information content (AvgIpc) is 2.41. The maximum atomic E-state index is 13.9. The number of nitrogens with two attached hydrogens (primary N) is 1. The Hall–Kier alpha value is -1.94. The molecule has 2 aromatic carbocycles. The number of hydrogen-bond acceptors (Lipinski definition) is 2. The van der Waals surface area contributed by atoms with Gasteiger partial charge in [0.25, 0.3) is 0 Å². The fourth-order valence-corrected chi connectivity index (χ4v) is 2.11. The lowest BCUT2D eigenvalue weighted by Gasteiger charge is -2.11. The van der Waals surface area contributed by atoms with Crippen LogP contribution < -0.4 is 10.5 Å². The molecule has 21 heavy (non-hydrogen) atoms. The van der Waals surface area contributed by atoms with E-state index < -0.39 is 5.82 Å². The normalized spacial score (nSPS) is 12.2. The largest absolute Gasteiger partial charge is 0.486 e. The molecule has 1 unspecified atom stereocenters. The van der Waals surface area contributed by atoms with Crippen molar-refractivity contribution < 1.29 is 13.5 Å². The quantitative estimate of drug-likeness (QED) is 0.910. The lowest BCUT2D eigenvalue weighted by molar-refractivity contribution is 0.289. The summed E-state index contributed by atoms with van der Waals surface area (Å²) >= 11 is 0. The molecule has 0 saturated heterocycles. The van der Waals surface area contributed by atoms with Crippen LogP contribution in [-0.2, 0) is 13.0 Å². The van der Waals surface area contributed by atoms with Crippen molar-refractivity contribution in [2.24, 2.45) is 5.73 Å². The van der Waals surface area contributed by atoms with E-state index in [-0.39, 0.29) is 24.2 Å². The molecular weight excluding hydrogens is 272 g/mol. The Bertz CT molecular complexity index is 626. The predicted molar refractivity (Wildman–Crippen MR) is 79.2 cm³/mol. The molecule has 4 heteroatoms. The van der Waals surface area contributed by atoms with Crippen molar-refractivity contribution in [2.45, 2.75) is 32.9 Å². The summed E-state index contributed by atoms with van der Waals surface area (Å²) in [6.45, 7) is 3.86. The third kappa shape index (κ3) is 4.26. The number of rotatable bonds is 5. The molecule has 2 N–H and O–H groups in total. The molecule has 0 aliphatic rings. The molecule has 0 radical (unpaired) electrons. The van der Waals surface area contributed by atoms with E-state index in [1.165, 1.54) is 18.2 Å². The third-order valence-corrected chi connectivity index (χ3v) is 3.25. The molecule has 0 spiro atoms. The van der Waals surface area contributed by atoms with Gasteiger partial charge in [0, 0.05) is 6.04 Å². The van der Waals surface area contributed by atoms with Crippen LogP contribution in [-0.4, -0.2) is 6.04 Å². The Balaban J connectivity index is 2.08. The van der Waals surface area contributed by atoms with E-state index in [0.717, 1.165) is 11.1 Å². The number of halogens is 2. The number of benzene rings is 2. The van der Waals surface area contributed by atoms with Crippen LogP contribution in [0.15, 0.2) is 36.4 Å². The SMILES string of the molecule is Cc1ccc(F)cc1COc1ccc(CC(C)N)cc1F. The molecular formula is C17H19F2NO. The third-order valence-electron chi connectivity index (χ3n) is 3.25. The monoisotopic (exact) mass is 291 g/mol. The van der Waals surface area contributed by atoms with Crippen LogP contribution in [0, 0.1) is 18.6 Å². The minimum absolute atomic E-state index is 0.0221. The van der Waals surface area contributed by atoms with Gasteiger partial charge in [-0.25, -0.2) is 8.78 Å². The first-order chi connectivity index (χ1) is 9.95. The molecule has 0 amide bonds. The van der Waals surface area contributed by atoms with E-state index >= 15 is 0 Å². The second-order valence-corrected chi connectivity index (χ2v) is 5.31. The van der Waals surface area contributed by atoms with E-state index in [9.17, 15) is 8.78 Å². The highest BCUT2D eigenvalue weighted by Crippen LogP contribution is 2.21. The van der Waals surface area contributed by atoms with Crippen LogP contribution in [0.25, 0.3) is 0 Å². The summed E-state index contributed by atoms with van der Waals surface area (Å²) in [6, 6.07) is 9.25. The van der Waals surface area contributed by atoms with Crippen LogP contribution in [0.2, 0.25) is 0 Å². The van der Waals surface area contributed by atoms with E-state index in [1.807, 2.05) is 13.8 Å². The second kappa shape index (κ2) is 6.68. The van der Waals surface area contributed by atoms with Crippen LogP contribution in [0.3, 0.4) is 0 Å². The fourth-order valence-electron chi connectivity index (χ4n) is 2.11. The zero-order valence-electron chi connectivity index (χ0n) is 12.2. The first-order valence-corrected chi connectivity index (χ1v) is 6.87. The predicted octanol–water partition coefficient (Wildman–Crippen LogP) is 3.74. The Morgan fingerprint density at radius 1 is 1.14 bits per heavy atom. The van der Waals surface area contributed by atoms with Crippen LogP contribution in [0.5, 0.6) is 5.75 Å². The van der Waals surface area contributed by atoms with Crippen LogP contribution >= 0.6 is 0 Å². The summed E-state index contributed by atoms with van der Waals surface area (Å²) in [6.07, 6.45) is 0.611. The molecule has 0 aromatic heterocycles. The second-order valence-electron chi connectivity index (χ2n) is 5.31. The molecule has 0 heterocycles. The highest BCUT2D eigenvalue weighted by molar-refractivity contribution is 5.31. The standard InChI is InChI=1S/C17H19F2NO/c1-11-3-5-15(18)9-14(11)10-21-17-6-4-13(7-12(2)20)8-16(17)19/h3-6,8-9,12H,7,10,20H2,1-2H3. The molecule has 1 atom stereocenters. The first kappa shape index (κ1) is 15.4. The Kier molecular flexibility index (Phi) is 4.91. The van der Waals surface area contributed by atoms with Gasteiger partial charge in [-0.3, -0.25) is 0 Å². The number of hydrogen-bond donors (Lipinski definition) is 1. The van der Waals surface area contributed by atoms with E-state index in [0.29, 0.717) is 12.0 Å². The summed E-state index contributed by atoms with van der Waals surface area (Å²) in [4.78, 5) is 0. The number of aryl methyl sites for hydroxylation is 1.